The number of aromatic nitrogens is 2. The number of hydrogen-bond donors (Lipinski definition) is 2. The maximum atomic E-state index is 13.4. The van der Waals surface area contributed by atoms with Gasteiger partial charge in [0, 0.05) is 30.3 Å². The zero-order chi connectivity index (χ0) is 26.0. The average Bonchev–Trinajstić information content (AvgIpc) is 2.88. The highest BCUT2D eigenvalue weighted by Gasteiger charge is 2.25. The third kappa shape index (κ3) is 8.13. The van der Waals surface area contributed by atoms with Crippen LogP contribution in [0, 0.1) is 5.92 Å². The Bertz CT molecular complexity index is 1260. The molecule has 3 aromatic rings. The summed E-state index contributed by atoms with van der Waals surface area (Å²) in [4.78, 5) is 34.2. The largest absolute Gasteiger partial charge is 0.348 e. The van der Waals surface area contributed by atoms with E-state index in [0.717, 1.165) is 11.0 Å². The third-order valence-electron chi connectivity index (χ3n) is 5.32. The zero-order valence-electron chi connectivity index (χ0n) is 20.2. The zero-order valence-corrected chi connectivity index (χ0v) is 21.1. The number of benzene rings is 2. The summed E-state index contributed by atoms with van der Waals surface area (Å²) in [6.45, 7) is 3.96. The molecule has 0 saturated carbocycles. The molecule has 36 heavy (non-hydrogen) atoms. The normalized spacial score (nSPS) is 13.3. The predicted molar refractivity (Wildman–Crippen MR) is 138 cm³/mol. The van der Waals surface area contributed by atoms with Gasteiger partial charge in [0.05, 0.1) is 11.1 Å². The van der Waals surface area contributed by atoms with Crippen LogP contribution in [0.5, 0.6) is 0 Å². The van der Waals surface area contributed by atoms with Gasteiger partial charge in [-0.3, -0.25) is 14.6 Å². The highest BCUT2D eigenvalue weighted by Crippen LogP contribution is 2.14. The van der Waals surface area contributed by atoms with Gasteiger partial charge in [0.15, 0.2) is 9.84 Å². The van der Waals surface area contributed by atoms with Crippen LogP contribution < -0.4 is 10.6 Å². The number of nitrogens with zero attached hydrogens (tertiary/aromatic N) is 2. The summed E-state index contributed by atoms with van der Waals surface area (Å²) in [5, 5.41) is 6.78. The van der Waals surface area contributed by atoms with Gasteiger partial charge in [-0.1, -0.05) is 68.5 Å². The second-order valence-corrected chi connectivity index (χ2v) is 10.6. The quantitative estimate of drug-likeness (QED) is 0.412. The van der Waals surface area contributed by atoms with Crippen molar-refractivity contribution in [2.75, 3.05) is 0 Å². The summed E-state index contributed by atoms with van der Waals surface area (Å²) >= 11 is 0. The molecular weight excluding hydrogens is 476 g/mol. The molecule has 1 heterocycles. The Labute approximate surface area is 211 Å². The van der Waals surface area contributed by atoms with Crippen molar-refractivity contribution < 1.29 is 18.0 Å². The lowest BCUT2D eigenvalue weighted by Crippen LogP contribution is -2.50. The topological polar surface area (TPSA) is 118 Å². The minimum Gasteiger partial charge on any atom is -0.348 e. The number of rotatable bonds is 11. The summed E-state index contributed by atoms with van der Waals surface area (Å²) in [5.41, 5.74) is 0.954. The van der Waals surface area contributed by atoms with E-state index in [2.05, 4.69) is 20.6 Å². The van der Waals surface area contributed by atoms with Crippen LogP contribution in [-0.4, -0.2) is 42.3 Å². The van der Waals surface area contributed by atoms with Crippen LogP contribution in [0.3, 0.4) is 0 Å². The van der Waals surface area contributed by atoms with Gasteiger partial charge in [-0.2, -0.15) is 0 Å². The SMILES string of the molecule is CC(C)C[C@@H](/C=C/S(=O)(=O)c1ccccc1)NC(=O)[C@H](Cc1ccccc1)NC(=O)c1cnccn1. The van der Waals surface area contributed by atoms with E-state index in [1.807, 2.05) is 44.2 Å². The van der Waals surface area contributed by atoms with Gasteiger partial charge in [-0.15, -0.1) is 0 Å². The van der Waals surface area contributed by atoms with Crippen molar-refractivity contribution in [3.63, 3.8) is 0 Å². The standard InChI is InChI=1S/C27H30N4O4S/c1-20(2)17-22(13-16-36(34,35)23-11-7-4-8-12-23)30-26(32)24(18-21-9-5-3-6-10-21)31-27(33)25-19-28-14-15-29-25/h3-16,19-20,22,24H,17-18H2,1-2H3,(H,30,32)(H,31,33)/b16-13+/t22-,24+/m1/s1. The fraction of sp³-hybridized carbons (Fsp3) is 0.259. The van der Waals surface area contributed by atoms with E-state index in [1.165, 1.54) is 36.8 Å². The predicted octanol–water partition coefficient (Wildman–Crippen LogP) is 3.34. The lowest BCUT2D eigenvalue weighted by atomic mass is 10.0. The summed E-state index contributed by atoms with van der Waals surface area (Å²) < 4.78 is 25.4. The number of hydrogen-bond acceptors (Lipinski definition) is 6. The van der Waals surface area contributed by atoms with E-state index < -0.39 is 33.7 Å². The van der Waals surface area contributed by atoms with Gasteiger partial charge in [-0.05, 0) is 30.0 Å². The van der Waals surface area contributed by atoms with Crippen molar-refractivity contribution in [2.24, 2.45) is 5.92 Å². The van der Waals surface area contributed by atoms with E-state index in [1.54, 1.807) is 18.2 Å². The summed E-state index contributed by atoms with van der Waals surface area (Å²) in [5.74, 6) is -0.772. The molecule has 1 aromatic heterocycles. The molecule has 0 aliphatic carbocycles. The molecule has 8 nitrogen and oxygen atoms in total. The van der Waals surface area contributed by atoms with Crippen LogP contribution in [0.25, 0.3) is 0 Å². The van der Waals surface area contributed by atoms with Crippen LogP contribution >= 0.6 is 0 Å². The highest BCUT2D eigenvalue weighted by atomic mass is 32.2. The van der Waals surface area contributed by atoms with Gasteiger partial charge < -0.3 is 10.6 Å². The van der Waals surface area contributed by atoms with Crippen LogP contribution in [0.15, 0.2) is 95.6 Å². The van der Waals surface area contributed by atoms with Crippen molar-refractivity contribution in [3.8, 4) is 0 Å². The van der Waals surface area contributed by atoms with Gasteiger partial charge >= 0.3 is 0 Å². The first-order valence-corrected chi connectivity index (χ1v) is 13.2. The second-order valence-electron chi connectivity index (χ2n) is 8.74. The molecule has 3 rings (SSSR count). The second kappa shape index (κ2) is 12.7. The van der Waals surface area contributed by atoms with E-state index >= 15 is 0 Å². The molecule has 188 valence electrons. The highest BCUT2D eigenvalue weighted by molar-refractivity contribution is 7.94. The van der Waals surface area contributed by atoms with Crippen molar-refractivity contribution in [3.05, 3.63) is 102 Å². The molecule has 0 fully saturated rings. The molecule has 0 saturated heterocycles. The summed E-state index contributed by atoms with van der Waals surface area (Å²) in [6.07, 6.45) is 6.44. The number of carbonyl (C=O) groups is 2. The Morgan fingerprint density at radius 2 is 1.61 bits per heavy atom. The van der Waals surface area contributed by atoms with E-state index in [4.69, 9.17) is 0 Å². The summed E-state index contributed by atoms with van der Waals surface area (Å²) in [7, 11) is -3.67. The first-order chi connectivity index (χ1) is 17.2. The third-order valence-corrected chi connectivity index (χ3v) is 6.76. The first kappa shape index (κ1) is 26.7. The Kier molecular flexibility index (Phi) is 9.46. The van der Waals surface area contributed by atoms with Gasteiger partial charge in [0.25, 0.3) is 5.91 Å². The Morgan fingerprint density at radius 1 is 0.944 bits per heavy atom. The monoisotopic (exact) mass is 506 g/mol. The molecule has 0 unspecified atom stereocenters. The lowest BCUT2D eigenvalue weighted by molar-refractivity contribution is -0.123. The van der Waals surface area contributed by atoms with E-state index in [0.29, 0.717) is 6.42 Å². The van der Waals surface area contributed by atoms with Crippen LogP contribution in [0.1, 0.15) is 36.3 Å². The molecule has 0 aliphatic rings. The molecule has 0 radical (unpaired) electrons. The Morgan fingerprint density at radius 3 is 2.22 bits per heavy atom. The van der Waals surface area contributed by atoms with E-state index in [9.17, 15) is 18.0 Å². The maximum Gasteiger partial charge on any atom is 0.272 e. The molecule has 0 aliphatic heterocycles. The fourth-order valence-corrected chi connectivity index (χ4v) is 4.66. The molecule has 2 N–H and O–H groups in total. The number of carbonyl (C=O) groups excluding carboxylic acids is 2. The van der Waals surface area contributed by atoms with Crippen LogP contribution in [0.4, 0.5) is 0 Å². The maximum absolute atomic E-state index is 13.4. The van der Waals surface area contributed by atoms with Crippen molar-refractivity contribution in [2.45, 2.75) is 43.7 Å². The smallest absolute Gasteiger partial charge is 0.272 e. The molecule has 9 heteroatoms. The number of amides is 2. The van der Waals surface area contributed by atoms with Crippen molar-refractivity contribution >= 4 is 21.7 Å². The van der Waals surface area contributed by atoms with Crippen LogP contribution in [0.2, 0.25) is 0 Å². The number of nitrogens with one attached hydrogen (secondary N) is 2. The van der Waals surface area contributed by atoms with Crippen LogP contribution in [-0.2, 0) is 21.1 Å². The molecule has 2 aromatic carbocycles. The fourth-order valence-electron chi connectivity index (χ4n) is 3.57. The first-order valence-electron chi connectivity index (χ1n) is 11.6. The van der Waals surface area contributed by atoms with Gasteiger partial charge in [0.1, 0.15) is 11.7 Å². The van der Waals surface area contributed by atoms with Crippen molar-refractivity contribution in [1.82, 2.24) is 20.6 Å². The van der Waals surface area contributed by atoms with Gasteiger partial charge in [0.2, 0.25) is 5.91 Å². The van der Waals surface area contributed by atoms with Gasteiger partial charge in [-0.25, -0.2) is 13.4 Å². The van der Waals surface area contributed by atoms with E-state index in [-0.39, 0.29) is 22.9 Å². The molecule has 0 bridgehead atoms. The molecule has 2 atom stereocenters. The molecular formula is C27H30N4O4S. The Balaban J connectivity index is 1.81. The summed E-state index contributed by atoms with van der Waals surface area (Å²) in [6, 6.07) is 15.9. The molecule has 0 spiro atoms. The average molecular weight is 507 g/mol. The minimum atomic E-state index is -3.67. The van der Waals surface area contributed by atoms with Crippen molar-refractivity contribution in [1.29, 1.82) is 0 Å². The number of sulfone groups is 1. The Hall–Kier alpha value is -3.85. The minimum absolute atomic E-state index is 0.0935. The molecule has 2 amide bonds. The lowest BCUT2D eigenvalue weighted by Gasteiger charge is -2.23.